The molecule has 1 aromatic heterocycles. The van der Waals surface area contributed by atoms with Crippen LogP contribution in [0.4, 0.5) is 15.8 Å². The van der Waals surface area contributed by atoms with Gasteiger partial charge in [-0.15, -0.1) is 11.3 Å². The minimum Gasteiger partial charge on any atom is -0.369 e. The summed E-state index contributed by atoms with van der Waals surface area (Å²) in [5, 5.41) is 3.75. The minimum atomic E-state index is -0.289. The molecule has 2 aromatic carbocycles. The number of benzene rings is 2. The number of carbonyl (C=O) groups excluding carboxylic acids is 1. The number of aryl methyl sites for hydroxylation is 1. The Morgan fingerprint density at radius 3 is 2.59 bits per heavy atom. The maximum atomic E-state index is 13.4. The Morgan fingerprint density at radius 1 is 1.07 bits per heavy atom. The molecule has 3 aromatic rings. The Labute approximate surface area is 162 Å². The summed E-state index contributed by atoms with van der Waals surface area (Å²) in [6, 6.07) is 12.5. The molecule has 0 spiro atoms. The summed E-state index contributed by atoms with van der Waals surface area (Å²) in [5.41, 5.74) is 3.03. The first-order valence-corrected chi connectivity index (χ1v) is 9.86. The maximum absolute atomic E-state index is 13.4. The normalized spacial score (nSPS) is 15.3. The van der Waals surface area contributed by atoms with E-state index in [0.29, 0.717) is 4.88 Å². The fraction of sp³-hybridized carbons (Fsp3) is 0.286. The summed E-state index contributed by atoms with van der Waals surface area (Å²) in [6.07, 6.45) is 0. The Morgan fingerprint density at radius 2 is 1.85 bits per heavy atom. The fourth-order valence-electron chi connectivity index (χ4n) is 3.36. The zero-order chi connectivity index (χ0) is 19.0. The van der Waals surface area contributed by atoms with E-state index in [-0.39, 0.29) is 11.7 Å². The van der Waals surface area contributed by atoms with Crippen molar-refractivity contribution in [3.63, 3.8) is 0 Å². The summed E-state index contributed by atoms with van der Waals surface area (Å²) in [5.74, 6) is -0.449. The number of amides is 1. The van der Waals surface area contributed by atoms with Crippen molar-refractivity contribution in [2.75, 3.05) is 43.4 Å². The molecule has 1 aliphatic rings. The van der Waals surface area contributed by atoms with E-state index in [2.05, 4.69) is 34.3 Å². The summed E-state index contributed by atoms with van der Waals surface area (Å²) in [4.78, 5) is 17.9. The first-order chi connectivity index (χ1) is 13.0. The highest BCUT2D eigenvalue weighted by Gasteiger charge is 2.16. The van der Waals surface area contributed by atoms with E-state index >= 15 is 0 Å². The van der Waals surface area contributed by atoms with Crippen LogP contribution in [-0.4, -0.2) is 44.0 Å². The Hall–Kier alpha value is -2.44. The number of nitrogens with one attached hydrogen (secondary N) is 1. The summed E-state index contributed by atoms with van der Waals surface area (Å²) >= 11 is 1.37. The van der Waals surface area contributed by atoms with Crippen LogP contribution in [0.5, 0.6) is 0 Å². The topological polar surface area (TPSA) is 35.6 Å². The third-order valence-electron chi connectivity index (χ3n) is 5.03. The van der Waals surface area contributed by atoms with Crippen LogP contribution in [0.25, 0.3) is 10.1 Å². The molecule has 140 valence electrons. The number of thiophene rings is 1. The van der Waals surface area contributed by atoms with E-state index < -0.39 is 0 Å². The molecule has 0 atom stereocenters. The molecule has 0 radical (unpaired) electrons. The molecule has 0 saturated carbocycles. The lowest BCUT2D eigenvalue weighted by molar-refractivity contribution is 0.103. The summed E-state index contributed by atoms with van der Waals surface area (Å²) in [7, 11) is 2.14. The molecular formula is C21H22FN3OS. The highest BCUT2D eigenvalue weighted by Crippen LogP contribution is 2.28. The first kappa shape index (κ1) is 17.9. The van der Waals surface area contributed by atoms with Crippen molar-refractivity contribution in [3.05, 3.63) is 58.7 Å². The average Bonchev–Trinajstić information content (AvgIpc) is 3.07. The molecule has 1 saturated heterocycles. The second kappa shape index (κ2) is 7.29. The SMILES string of the molecule is Cc1cc(N2CCN(C)CC2)ccc1NC(=O)c1cc2cc(F)ccc2s1. The van der Waals surface area contributed by atoms with Crippen molar-refractivity contribution in [2.45, 2.75) is 6.92 Å². The van der Waals surface area contributed by atoms with Gasteiger partial charge in [-0.3, -0.25) is 4.79 Å². The molecule has 4 rings (SSSR count). The lowest BCUT2D eigenvalue weighted by atomic mass is 10.1. The highest BCUT2D eigenvalue weighted by atomic mass is 32.1. The zero-order valence-electron chi connectivity index (χ0n) is 15.5. The molecule has 4 nitrogen and oxygen atoms in total. The van der Waals surface area contributed by atoms with Crippen molar-refractivity contribution in [1.29, 1.82) is 0 Å². The van der Waals surface area contributed by atoms with Crippen LogP contribution >= 0.6 is 11.3 Å². The molecule has 0 bridgehead atoms. The number of nitrogens with zero attached hydrogens (tertiary/aromatic N) is 2. The lowest BCUT2D eigenvalue weighted by Gasteiger charge is -2.34. The Bertz CT molecular complexity index is 992. The number of hydrogen-bond donors (Lipinski definition) is 1. The lowest BCUT2D eigenvalue weighted by Crippen LogP contribution is -2.44. The van der Waals surface area contributed by atoms with Gasteiger partial charge >= 0.3 is 0 Å². The monoisotopic (exact) mass is 383 g/mol. The van der Waals surface area contributed by atoms with Crippen molar-refractivity contribution in [3.8, 4) is 0 Å². The van der Waals surface area contributed by atoms with Gasteiger partial charge in [0.05, 0.1) is 4.88 Å². The smallest absolute Gasteiger partial charge is 0.265 e. The number of piperazine rings is 1. The third-order valence-corrected chi connectivity index (χ3v) is 6.14. The van der Waals surface area contributed by atoms with Gasteiger partial charge in [-0.1, -0.05) is 0 Å². The molecule has 0 aliphatic carbocycles. The largest absolute Gasteiger partial charge is 0.369 e. The molecule has 1 fully saturated rings. The van der Waals surface area contributed by atoms with Crippen LogP contribution in [0.3, 0.4) is 0 Å². The predicted octanol–water partition coefficient (Wildman–Crippen LogP) is 4.35. The fourth-order valence-corrected chi connectivity index (χ4v) is 4.30. The van der Waals surface area contributed by atoms with Crippen molar-refractivity contribution < 1.29 is 9.18 Å². The number of fused-ring (bicyclic) bond motifs is 1. The molecule has 0 unspecified atom stereocenters. The van der Waals surface area contributed by atoms with Crippen LogP contribution in [0, 0.1) is 12.7 Å². The maximum Gasteiger partial charge on any atom is 0.265 e. The number of anilines is 2. The average molecular weight is 383 g/mol. The number of halogens is 1. The van der Waals surface area contributed by atoms with Gasteiger partial charge in [0, 0.05) is 42.3 Å². The standard InChI is InChI=1S/C21H22FN3OS/c1-14-11-17(25-9-7-24(2)8-10-25)4-5-18(14)23-21(26)20-13-15-12-16(22)3-6-19(15)27-20/h3-6,11-13H,7-10H2,1-2H3,(H,23,26). The first-order valence-electron chi connectivity index (χ1n) is 9.04. The second-order valence-corrected chi connectivity index (χ2v) is 8.12. The van der Waals surface area contributed by atoms with Gasteiger partial charge in [-0.2, -0.15) is 0 Å². The van der Waals surface area contributed by atoms with Crippen LogP contribution in [0.2, 0.25) is 0 Å². The number of rotatable bonds is 3. The van der Waals surface area contributed by atoms with E-state index in [9.17, 15) is 9.18 Å². The summed E-state index contributed by atoms with van der Waals surface area (Å²) in [6.45, 7) is 6.16. The van der Waals surface area contributed by atoms with Crippen LogP contribution in [0.1, 0.15) is 15.2 Å². The zero-order valence-corrected chi connectivity index (χ0v) is 16.3. The van der Waals surface area contributed by atoms with Gasteiger partial charge < -0.3 is 15.1 Å². The van der Waals surface area contributed by atoms with Crippen LogP contribution < -0.4 is 10.2 Å². The van der Waals surface area contributed by atoms with Crippen molar-refractivity contribution in [1.82, 2.24) is 4.90 Å². The molecule has 2 heterocycles. The minimum absolute atomic E-state index is 0.160. The second-order valence-electron chi connectivity index (χ2n) is 7.04. The van der Waals surface area contributed by atoms with Gasteiger partial charge in [0.15, 0.2) is 0 Å². The van der Waals surface area contributed by atoms with Crippen molar-refractivity contribution in [2.24, 2.45) is 0 Å². The highest BCUT2D eigenvalue weighted by molar-refractivity contribution is 7.20. The molecular weight excluding hydrogens is 361 g/mol. The molecule has 1 aliphatic heterocycles. The van der Waals surface area contributed by atoms with Crippen LogP contribution in [-0.2, 0) is 0 Å². The number of hydrogen-bond acceptors (Lipinski definition) is 4. The predicted molar refractivity (Wildman–Crippen MR) is 111 cm³/mol. The van der Waals surface area contributed by atoms with Crippen LogP contribution in [0.15, 0.2) is 42.5 Å². The van der Waals surface area contributed by atoms with Gasteiger partial charge in [-0.25, -0.2) is 4.39 Å². The van der Waals surface area contributed by atoms with E-state index in [1.54, 1.807) is 12.1 Å². The number of carbonyl (C=O) groups is 1. The van der Waals surface area contributed by atoms with Gasteiger partial charge in [0.2, 0.25) is 0 Å². The molecule has 1 amide bonds. The van der Waals surface area contributed by atoms with E-state index in [1.165, 1.54) is 29.2 Å². The van der Waals surface area contributed by atoms with Gasteiger partial charge in [0.1, 0.15) is 5.82 Å². The Balaban J connectivity index is 1.50. The van der Waals surface area contributed by atoms with Gasteiger partial charge in [0.25, 0.3) is 5.91 Å². The third kappa shape index (κ3) is 3.82. The molecule has 6 heteroatoms. The summed E-state index contributed by atoms with van der Waals surface area (Å²) < 4.78 is 14.3. The molecule has 27 heavy (non-hydrogen) atoms. The molecule has 1 N–H and O–H groups in total. The van der Waals surface area contributed by atoms with E-state index in [4.69, 9.17) is 0 Å². The van der Waals surface area contributed by atoms with E-state index in [1.807, 2.05) is 13.0 Å². The number of likely N-dealkylation sites (N-methyl/N-ethyl adjacent to an activating group) is 1. The van der Waals surface area contributed by atoms with E-state index in [0.717, 1.165) is 47.5 Å². The van der Waals surface area contributed by atoms with Crippen molar-refractivity contribution >= 4 is 38.7 Å². The Kier molecular flexibility index (Phi) is 4.85. The van der Waals surface area contributed by atoms with Gasteiger partial charge in [-0.05, 0) is 67.4 Å². The quantitative estimate of drug-likeness (QED) is 0.730.